The molecule has 0 saturated heterocycles. The SMILES string of the molecule is COC(=O)[C@@](O)(NC(=O)OCc1ccccc1)C(F)(F)F. The number of aliphatic hydroxyl groups is 1. The molecule has 116 valence electrons. The molecular formula is C12H12F3NO5. The average Bonchev–Trinajstić information content (AvgIpc) is 2.44. The summed E-state index contributed by atoms with van der Waals surface area (Å²) >= 11 is 0. The summed E-state index contributed by atoms with van der Waals surface area (Å²) < 4.78 is 46.3. The normalized spacial score (nSPS) is 14.0. The molecule has 0 unspecified atom stereocenters. The van der Waals surface area contributed by atoms with Crippen molar-refractivity contribution in [2.75, 3.05) is 7.11 Å². The van der Waals surface area contributed by atoms with Crippen LogP contribution in [0.2, 0.25) is 0 Å². The summed E-state index contributed by atoms with van der Waals surface area (Å²) in [5.74, 6) is -2.08. The summed E-state index contributed by atoms with van der Waals surface area (Å²) in [7, 11) is 0.635. The molecule has 1 aromatic rings. The molecule has 21 heavy (non-hydrogen) atoms. The Kier molecular flexibility index (Phi) is 5.14. The van der Waals surface area contributed by atoms with Crippen molar-refractivity contribution in [1.82, 2.24) is 5.32 Å². The number of halogens is 3. The van der Waals surface area contributed by atoms with Gasteiger partial charge in [-0.1, -0.05) is 30.3 Å². The molecule has 9 heteroatoms. The van der Waals surface area contributed by atoms with Crippen molar-refractivity contribution in [3.63, 3.8) is 0 Å². The molecule has 1 aromatic carbocycles. The number of alkyl carbamates (subject to hydrolysis) is 1. The van der Waals surface area contributed by atoms with E-state index in [9.17, 15) is 27.9 Å². The summed E-state index contributed by atoms with van der Waals surface area (Å²) in [5, 5.41) is 10.3. The third-order valence-corrected chi connectivity index (χ3v) is 2.39. The number of hydrogen-bond acceptors (Lipinski definition) is 5. The van der Waals surface area contributed by atoms with E-state index in [1.807, 2.05) is 0 Å². The van der Waals surface area contributed by atoms with Gasteiger partial charge in [-0.25, -0.2) is 9.59 Å². The molecule has 0 aliphatic rings. The van der Waals surface area contributed by atoms with Crippen LogP contribution in [0.5, 0.6) is 0 Å². The zero-order valence-corrected chi connectivity index (χ0v) is 10.8. The molecular weight excluding hydrogens is 295 g/mol. The van der Waals surface area contributed by atoms with Gasteiger partial charge in [0.2, 0.25) is 0 Å². The number of ether oxygens (including phenoxy) is 2. The molecule has 0 spiro atoms. The summed E-state index contributed by atoms with van der Waals surface area (Å²) in [6.07, 6.45) is -7.09. The second-order valence-electron chi connectivity index (χ2n) is 3.89. The molecule has 0 aliphatic heterocycles. The van der Waals surface area contributed by atoms with Crippen LogP contribution in [0.4, 0.5) is 18.0 Å². The second kappa shape index (κ2) is 6.44. The molecule has 1 rings (SSSR count). The van der Waals surface area contributed by atoms with Crippen LogP contribution in [0.15, 0.2) is 30.3 Å². The van der Waals surface area contributed by atoms with Crippen LogP contribution in [0, 0.1) is 0 Å². The van der Waals surface area contributed by atoms with Crippen molar-refractivity contribution in [2.45, 2.75) is 18.5 Å². The van der Waals surface area contributed by atoms with Crippen molar-refractivity contribution in [3.05, 3.63) is 35.9 Å². The molecule has 2 N–H and O–H groups in total. The van der Waals surface area contributed by atoms with Crippen molar-refractivity contribution < 1.29 is 37.3 Å². The van der Waals surface area contributed by atoms with E-state index >= 15 is 0 Å². The molecule has 6 nitrogen and oxygen atoms in total. The lowest BCUT2D eigenvalue weighted by Crippen LogP contribution is -2.64. The average molecular weight is 307 g/mol. The second-order valence-corrected chi connectivity index (χ2v) is 3.89. The highest BCUT2D eigenvalue weighted by molar-refractivity contribution is 5.84. The number of hydrogen-bond donors (Lipinski definition) is 2. The van der Waals surface area contributed by atoms with Crippen LogP contribution in [-0.2, 0) is 20.9 Å². The maximum Gasteiger partial charge on any atom is 0.448 e. The lowest BCUT2D eigenvalue weighted by molar-refractivity contribution is -0.269. The van der Waals surface area contributed by atoms with Gasteiger partial charge >= 0.3 is 24.0 Å². The molecule has 0 heterocycles. The topological polar surface area (TPSA) is 84.9 Å². The number of alkyl halides is 3. The summed E-state index contributed by atoms with van der Waals surface area (Å²) in [6, 6.07) is 8.12. The number of esters is 1. The lowest BCUT2D eigenvalue weighted by Gasteiger charge is -2.27. The van der Waals surface area contributed by atoms with Crippen LogP contribution >= 0.6 is 0 Å². The summed E-state index contributed by atoms with van der Waals surface area (Å²) in [4.78, 5) is 22.3. The van der Waals surface area contributed by atoms with Crippen molar-refractivity contribution in [1.29, 1.82) is 0 Å². The predicted molar refractivity (Wildman–Crippen MR) is 62.8 cm³/mol. The predicted octanol–water partition coefficient (Wildman–Crippen LogP) is 1.34. The minimum atomic E-state index is -5.47. The lowest BCUT2D eigenvalue weighted by atomic mass is 10.2. The number of nitrogens with one attached hydrogen (secondary N) is 1. The van der Waals surface area contributed by atoms with Crippen molar-refractivity contribution >= 4 is 12.1 Å². The standard InChI is InChI=1S/C12H12F3NO5/c1-20-9(17)11(19,12(13,14)15)16-10(18)21-7-8-5-3-2-4-6-8/h2-6,19H,7H2,1H3,(H,16,18)/t11-/m0/s1. The first-order valence-electron chi connectivity index (χ1n) is 5.57. The Hall–Kier alpha value is -2.29. The Balaban J connectivity index is 2.72. The van der Waals surface area contributed by atoms with Gasteiger partial charge < -0.3 is 14.6 Å². The zero-order valence-electron chi connectivity index (χ0n) is 10.8. The van der Waals surface area contributed by atoms with Gasteiger partial charge in [0.15, 0.2) is 0 Å². The third-order valence-electron chi connectivity index (χ3n) is 2.39. The van der Waals surface area contributed by atoms with E-state index in [-0.39, 0.29) is 6.61 Å². The zero-order chi connectivity index (χ0) is 16.1. The Morgan fingerprint density at radius 1 is 1.24 bits per heavy atom. The molecule has 0 aromatic heterocycles. The number of carbonyl (C=O) groups is 2. The summed E-state index contributed by atoms with van der Waals surface area (Å²) in [6.45, 7) is -0.332. The fraction of sp³-hybridized carbons (Fsp3) is 0.333. The minimum absolute atomic E-state index is 0.332. The number of benzene rings is 1. The quantitative estimate of drug-likeness (QED) is 0.647. The van der Waals surface area contributed by atoms with Gasteiger partial charge in [-0.3, -0.25) is 5.32 Å². The number of methoxy groups -OCH3 is 1. The first-order chi connectivity index (χ1) is 9.70. The van der Waals surface area contributed by atoms with E-state index in [1.54, 1.807) is 30.3 Å². The molecule has 0 fully saturated rings. The smallest absolute Gasteiger partial charge is 0.448 e. The first-order valence-corrected chi connectivity index (χ1v) is 5.57. The van der Waals surface area contributed by atoms with Gasteiger partial charge in [0.05, 0.1) is 7.11 Å². The first kappa shape index (κ1) is 16.8. The van der Waals surface area contributed by atoms with Gasteiger partial charge in [-0.2, -0.15) is 13.2 Å². The molecule has 0 saturated carbocycles. The van der Waals surface area contributed by atoms with Gasteiger partial charge in [-0.15, -0.1) is 0 Å². The van der Waals surface area contributed by atoms with Crippen LogP contribution in [0.1, 0.15) is 5.56 Å². The summed E-state index contributed by atoms with van der Waals surface area (Å²) in [5.41, 5.74) is -3.66. The van der Waals surface area contributed by atoms with Gasteiger partial charge in [0.25, 0.3) is 0 Å². The Bertz CT molecular complexity index is 505. The molecule has 0 bridgehead atoms. The van der Waals surface area contributed by atoms with Crippen molar-refractivity contribution in [3.8, 4) is 0 Å². The number of amides is 1. The van der Waals surface area contributed by atoms with Gasteiger partial charge in [-0.05, 0) is 5.56 Å². The fourth-order valence-corrected chi connectivity index (χ4v) is 1.29. The molecule has 1 amide bonds. The highest BCUT2D eigenvalue weighted by Gasteiger charge is 2.62. The van der Waals surface area contributed by atoms with E-state index in [0.717, 1.165) is 5.32 Å². The Labute approximate surface area is 117 Å². The molecule has 0 radical (unpaired) electrons. The number of rotatable bonds is 4. The van der Waals surface area contributed by atoms with Crippen LogP contribution in [-0.4, -0.2) is 36.2 Å². The molecule has 0 aliphatic carbocycles. The fourth-order valence-electron chi connectivity index (χ4n) is 1.29. The monoisotopic (exact) mass is 307 g/mol. The van der Waals surface area contributed by atoms with E-state index in [4.69, 9.17) is 0 Å². The Morgan fingerprint density at radius 2 is 1.81 bits per heavy atom. The van der Waals surface area contributed by atoms with Crippen molar-refractivity contribution in [2.24, 2.45) is 0 Å². The maximum absolute atomic E-state index is 12.6. The largest absolute Gasteiger partial charge is 0.465 e. The van der Waals surface area contributed by atoms with E-state index in [2.05, 4.69) is 9.47 Å². The Morgan fingerprint density at radius 3 is 2.29 bits per heavy atom. The third kappa shape index (κ3) is 4.09. The van der Waals surface area contributed by atoms with Crippen LogP contribution < -0.4 is 5.32 Å². The van der Waals surface area contributed by atoms with Crippen LogP contribution in [0.25, 0.3) is 0 Å². The highest BCUT2D eigenvalue weighted by atomic mass is 19.4. The van der Waals surface area contributed by atoms with E-state index in [1.165, 1.54) is 0 Å². The number of carbonyl (C=O) groups excluding carboxylic acids is 2. The maximum atomic E-state index is 12.6. The molecule has 1 atom stereocenters. The van der Waals surface area contributed by atoms with Gasteiger partial charge in [0, 0.05) is 0 Å². The van der Waals surface area contributed by atoms with Crippen LogP contribution in [0.3, 0.4) is 0 Å². The van der Waals surface area contributed by atoms with E-state index in [0.29, 0.717) is 12.7 Å². The van der Waals surface area contributed by atoms with Gasteiger partial charge in [0.1, 0.15) is 6.61 Å². The highest BCUT2D eigenvalue weighted by Crippen LogP contribution is 2.29. The minimum Gasteiger partial charge on any atom is -0.465 e. The van der Waals surface area contributed by atoms with E-state index < -0.39 is 24.0 Å².